The highest BCUT2D eigenvalue weighted by Crippen LogP contribution is 2.12. The van der Waals surface area contributed by atoms with Crippen LogP contribution in [-0.4, -0.2) is 18.4 Å². The summed E-state index contributed by atoms with van der Waals surface area (Å²) >= 11 is 0. The van der Waals surface area contributed by atoms with Gasteiger partial charge in [0.1, 0.15) is 12.4 Å². The molecule has 0 saturated carbocycles. The van der Waals surface area contributed by atoms with Crippen molar-refractivity contribution in [2.75, 3.05) is 0 Å². The van der Waals surface area contributed by atoms with Crippen molar-refractivity contribution in [3.8, 4) is 0 Å². The van der Waals surface area contributed by atoms with Gasteiger partial charge in [0.05, 0.1) is 0 Å². The third kappa shape index (κ3) is 10.3. The van der Waals surface area contributed by atoms with E-state index < -0.39 is 0 Å². The van der Waals surface area contributed by atoms with Gasteiger partial charge in [-0.05, 0) is 30.5 Å². The Morgan fingerprint density at radius 1 is 1.08 bits per heavy atom. The van der Waals surface area contributed by atoms with E-state index in [4.69, 9.17) is 4.74 Å². The second kappa shape index (κ2) is 13.2. The minimum absolute atomic E-state index is 0.172. The highest BCUT2D eigenvalue weighted by atomic mass is 16.5. The van der Waals surface area contributed by atoms with Gasteiger partial charge in [-0.15, -0.1) is 0 Å². The second-order valence-corrected chi connectivity index (χ2v) is 6.24. The zero-order valence-electron chi connectivity index (χ0n) is 15.4. The number of ether oxygens (including phenoxy) is 1. The first-order valence-electron chi connectivity index (χ1n) is 9.23. The Hall–Kier alpha value is -2.16. The minimum Gasteiger partial charge on any atom is -0.458 e. The molecule has 25 heavy (non-hydrogen) atoms. The lowest BCUT2D eigenvalue weighted by Crippen LogP contribution is -2.13. The van der Waals surface area contributed by atoms with Crippen LogP contribution < -0.4 is 0 Å². The molecule has 0 aliphatic heterocycles. The van der Waals surface area contributed by atoms with Crippen molar-refractivity contribution in [2.45, 2.75) is 64.9 Å². The molecule has 0 aromatic heterocycles. The summed E-state index contributed by atoms with van der Waals surface area (Å²) in [5.41, 5.74) is 1.63. The third-order valence-corrected chi connectivity index (χ3v) is 3.93. The molecule has 0 fully saturated rings. The molecular formula is C22H30O3. The van der Waals surface area contributed by atoms with E-state index in [0.717, 1.165) is 24.7 Å². The van der Waals surface area contributed by atoms with Crippen molar-refractivity contribution in [3.05, 3.63) is 53.6 Å². The molecule has 0 spiro atoms. The highest BCUT2D eigenvalue weighted by Gasteiger charge is 2.07. The highest BCUT2D eigenvalue weighted by molar-refractivity contribution is 5.76. The monoisotopic (exact) mass is 342 g/mol. The van der Waals surface area contributed by atoms with Gasteiger partial charge in [-0.2, -0.15) is 0 Å². The van der Waals surface area contributed by atoms with Crippen molar-refractivity contribution < 1.29 is 14.3 Å². The van der Waals surface area contributed by atoms with Crippen LogP contribution in [0.25, 0.3) is 6.08 Å². The van der Waals surface area contributed by atoms with Crippen molar-refractivity contribution in [2.24, 2.45) is 0 Å². The van der Waals surface area contributed by atoms with Crippen molar-refractivity contribution >= 4 is 18.3 Å². The first-order chi connectivity index (χ1) is 12.2. The fourth-order valence-corrected chi connectivity index (χ4v) is 2.62. The van der Waals surface area contributed by atoms with Gasteiger partial charge in [0.15, 0.2) is 0 Å². The number of rotatable bonds is 12. The van der Waals surface area contributed by atoms with Crippen molar-refractivity contribution in [1.29, 1.82) is 0 Å². The van der Waals surface area contributed by atoms with E-state index in [-0.39, 0.29) is 12.1 Å². The van der Waals surface area contributed by atoms with Gasteiger partial charge in [-0.3, -0.25) is 9.59 Å². The summed E-state index contributed by atoms with van der Waals surface area (Å²) in [6, 6.07) is 7.40. The Morgan fingerprint density at radius 3 is 2.52 bits per heavy atom. The number of esters is 1. The standard InChI is InChI=1S/C22H30O3/c1-3-4-5-6-7-8-15-22(25-19(2)24)16-10-9-12-20-13-11-14-21(17-20)18-23/h9-14,16-18,22H,3-8,15H2,1-2H3/b12-9+,16-10+. The summed E-state index contributed by atoms with van der Waals surface area (Å²) in [6.45, 7) is 3.66. The number of allylic oxidation sites excluding steroid dienone is 2. The third-order valence-electron chi connectivity index (χ3n) is 3.93. The first-order valence-corrected chi connectivity index (χ1v) is 9.23. The van der Waals surface area contributed by atoms with Crippen LogP contribution >= 0.6 is 0 Å². The minimum atomic E-state index is -0.247. The van der Waals surface area contributed by atoms with Crippen molar-refractivity contribution in [1.82, 2.24) is 0 Å². The Balaban J connectivity index is 2.46. The number of carbonyl (C=O) groups excluding carboxylic acids is 2. The van der Waals surface area contributed by atoms with E-state index in [1.54, 1.807) is 6.07 Å². The summed E-state index contributed by atoms with van der Waals surface area (Å²) in [5, 5.41) is 0. The number of aldehydes is 1. The first kappa shape index (κ1) is 20.9. The summed E-state index contributed by atoms with van der Waals surface area (Å²) in [5.74, 6) is -0.247. The molecule has 1 aromatic rings. The molecule has 0 aliphatic rings. The van der Waals surface area contributed by atoms with E-state index >= 15 is 0 Å². The predicted molar refractivity (Wildman–Crippen MR) is 104 cm³/mol. The summed E-state index contributed by atoms with van der Waals surface area (Å²) in [7, 11) is 0. The molecule has 0 heterocycles. The quantitative estimate of drug-likeness (QED) is 0.210. The van der Waals surface area contributed by atoms with E-state index in [1.165, 1.54) is 39.0 Å². The molecule has 1 aromatic carbocycles. The van der Waals surface area contributed by atoms with Crippen LogP contribution in [-0.2, 0) is 9.53 Å². The Labute approximate surface area is 151 Å². The lowest BCUT2D eigenvalue weighted by Gasteiger charge is -2.12. The van der Waals surface area contributed by atoms with Gasteiger partial charge >= 0.3 is 5.97 Å². The Kier molecular flexibility index (Phi) is 11.0. The van der Waals surface area contributed by atoms with Crippen LogP contribution in [0.1, 0.15) is 74.7 Å². The summed E-state index contributed by atoms with van der Waals surface area (Å²) in [6.07, 6.45) is 16.5. The molecule has 0 radical (unpaired) electrons. The fraction of sp³-hybridized carbons (Fsp3) is 0.455. The molecule has 0 saturated heterocycles. The van der Waals surface area contributed by atoms with Crippen LogP contribution in [0, 0.1) is 0 Å². The maximum absolute atomic E-state index is 11.2. The fourth-order valence-electron chi connectivity index (χ4n) is 2.62. The van der Waals surface area contributed by atoms with Crippen LogP contribution in [0.3, 0.4) is 0 Å². The van der Waals surface area contributed by atoms with Crippen LogP contribution in [0.15, 0.2) is 42.5 Å². The molecule has 0 N–H and O–H groups in total. The number of hydrogen-bond donors (Lipinski definition) is 0. The molecule has 3 nitrogen and oxygen atoms in total. The summed E-state index contributed by atoms with van der Waals surface area (Å²) < 4.78 is 5.36. The number of carbonyl (C=O) groups is 2. The van der Waals surface area contributed by atoms with E-state index in [0.29, 0.717) is 5.56 Å². The second-order valence-electron chi connectivity index (χ2n) is 6.24. The summed E-state index contributed by atoms with van der Waals surface area (Å²) in [4.78, 5) is 22.0. The van der Waals surface area contributed by atoms with Gasteiger partial charge in [-0.1, -0.05) is 75.5 Å². The Morgan fingerprint density at radius 2 is 1.80 bits per heavy atom. The van der Waals surface area contributed by atoms with Gasteiger partial charge in [0.25, 0.3) is 0 Å². The lowest BCUT2D eigenvalue weighted by atomic mass is 10.1. The van der Waals surface area contributed by atoms with E-state index in [9.17, 15) is 9.59 Å². The number of hydrogen-bond acceptors (Lipinski definition) is 3. The smallest absolute Gasteiger partial charge is 0.303 e. The van der Waals surface area contributed by atoms with Crippen molar-refractivity contribution in [3.63, 3.8) is 0 Å². The van der Waals surface area contributed by atoms with Crippen LogP contribution in [0.5, 0.6) is 0 Å². The zero-order chi connectivity index (χ0) is 18.3. The molecule has 3 heteroatoms. The van der Waals surface area contributed by atoms with E-state index in [2.05, 4.69) is 6.92 Å². The average Bonchev–Trinajstić information content (AvgIpc) is 2.61. The van der Waals surface area contributed by atoms with Gasteiger partial charge in [-0.25, -0.2) is 0 Å². The van der Waals surface area contributed by atoms with Gasteiger partial charge in [0.2, 0.25) is 0 Å². The predicted octanol–water partition coefficient (Wildman–Crippen LogP) is 5.75. The molecular weight excluding hydrogens is 312 g/mol. The Bertz CT molecular complexity index is 572. The van der Waals surface area contributed by atoms with Crippen LogP contribution in [0.4, 0.5) is 0 Å². The normalized spacial score (nSPS) is 12.6. The van der Waals surface area contributed by atoms with Gasteiger partial charge in [0, 0.05) is 12.5 Å². The molecule has 1 unspecified atom stereocenters. The average molecular weight is 342 g/mol. The molecule has 0 amide bonds. The molecule has 0 aliphatic carbocycles. The van der Waals surface area contributed by atoms with Gasteiger partial charge < -0.3 is 4.74 Å². The lowest BCUT2D eigenvalue weighted by molar-refractivity contribution is -0.144. The molecule has 136 valence electrons. The van der Waals surface area contributed by atoms with E-state index in [1.807, 2.05) is 42.5 Å². The maximum atomic E-state index is 11.2. The topological polar surface area (TPSA) is 43.4 Å². The largest absolute Gasteiger partial charge is 0.458 e. The number of benzene rings is 1. The molecule has 1 rings (SSSR count). The molecule has 0 bridgehead atoms. The zero-order valence-corrected chi connectivity index (χ0v) is 15.4. The molecule has 1 atom stereocenters. The SMILES string of the molecule is CCCCCCCCC(/C=C/C=C/c1cccc(C=O)c1)OC(C)=O. The maximum Gasteiger partial charge on any atom is 0.303 e. The number of unbranched alkanes of at least 4 members (excludes halogenated alkanes) is 5. The van der Waals surface area contributed by atoms with Crippen LogP contribution in [0.2, 0.25) is 0 Å².